The minimum atomic E-state index is -0.618. The van der Waals surface area contributed by atoms with Crippen LogP contribution in [-0.2, 0) is 22.6 Å². The lowest BCUT2D eigenvalue weighted by Crippen LogP contribution is -2.49. The van der Waals surface area contributed by atoms with E-state index in [2.05, 4.69) is 5.32 Å². The summed E-state index contributed by atoms with van der Waals surface area (Å²) in [5, 5.41) is 3.98. The number of nitrogens with one attached hydrogen (secondary N) is 1. The van der Waals surface area contributed by atoms with Gasteiger partial charge in [0.25, 0.3) is 0 Å². The molecule has 6 nitrogen and oxygen atoms in total. The third-order valence-electron chi connectivity index (χ3n) is 6.28. The lowest BCUT2D eigenvalue weighted by Gasteiger charge is -2.30. The number of benzene rings is 2. The van der Waals surface area contributed by atoms with E-state index in [9.17, 15) is 9.59 Å². The van der Waals surface area contributed by atoms with Gasteiger partial charge in [-0.05, 0) is 61.6 Å². The highest BCUT2D eigenvalue weighted by atomic mass is 35.5. The van der Waals surface area contributed by atoms with Crippen LogP contribution in [0.25, 0.3) is 0 Å². The van der Waals surface area contributed by atoms with E-state index in [0.717, 1.165) is 36.8 Å². The largest absolute Gasteiger partial charge is 0.493 e. The molecule has 0 saturated heterocycles. The van der Waals surface area contributed by atoms with E-state index < -0.39 is 6.04 Å². The number of carbonyl (C=O) groups is 2. The lowest BCUT2D eigenvalue weighted by atomic mass is 10.1. The molecular weight excluding hydrogens is 475 g/mol. The Labute approximate surface area is 211 Å². The van der Waals surface area contributed by atoms with E-state index in [0.29, 0.717) is 28.0 Å². The number of hydrogen-bond donors (Lipinski definition) is 1. The summed E-state index contributed by atoms with van der Waals surface area (Å²) in [5.41, 5.74) is 1.76. The van der Waals surface area contributed by atoms with Crippen molar-refractivity contribution >= 4 is 35.0 Å². The first-order valence-corrected chi connectivity index (χ1v) is 12.3. The minimum absolute atomic E-state index is 0.116. The lowest BCUT2D eigenvalue weighted by molar-refractivity contribution is -0.140. The predicted molar refractivity (Wildman–Crippen MR) is 135 cm³/mol. The second kappa shape index (κ2) is 12.3. The molecular formula is C26H32Cl2N2O4. The number of hydrogen-bond acceptors (Lipinski definition) is 4. The standard InChI is InChI=1S/C26H32Cl2N2O4/c1-17(26(32)29-20-6-4-5-7-20)30(16-19-8-11-21(27)22(28)14-19)25(31)13-10-18-9-12-23(33-2)24(15-18)34-3/h8-9,11-12,14-15,17,20H,4-7,10,13,16H2,1-3H3,(H,29,32). The second-order valence-corrected chi connectivity index (χ2v) is 9.44. The molecule has 1 aliphatic carbocycles. The molecule has 1 saturated carbocycles. The van der Waals surface area contributed by atoms with Gasteiger partial charge in [0.2, 0.25) is 11.8 Å². The molecule has 2 amide bonds. The molecule has 1 atom stereocenters. The van der Waals surface area contributed by atoms with Gasteiger partial charge in [0, 0.05) is 19.0 Å². The van der Waals surface area contributed by atoms with Crippen molar-refractivity contribution in [2.24, 2.45) is 0 Å². The van der Waals surface area contributed by atoms with Gasteiger partial charge in [0.15, 0.2) is 11.5 Å². The topological polar surface area (TPSA) is 67.9 Å². The molecule has 0 heterocycles. The molecule has 0 spiro atoms. The number of ether oxygens (including phenoxy) is 2. The van der Waals surface area contributed by atoms with Crippen LogP contribution in [-0.4, -0.2) is 43.0 Å². The monoisotopic (exact) mass is 506 g/mol. The van der Waals surface area contributed by atoms with Crippen LogP contribution in [0.3, 0.4) is 0 Å². The van der Waals surface area contributed by atoms with Crippen LogP contribution in [0.4, 0.5) is 0 Å². The molecule has 1 N–H and O–H groups in total. The van der Waals surface area contributed by atoms with Crippen LogP contribution in [0.1, 0.15) is 50.2 Å². The summed E-state index contributed by atoms with van der Waals surface area (Å²) in [6.07, 6.45) is 4.97. The first-order chi connectivity index (χ1) is 16.3. The fourth-order valence-electron chi connectivity index (χ4n) is 4.24. The summed E-state index contributed by atoms with van der Waals surface area (Å²) in [7, 11) is 3.16. The third-order valence-corrected chi connectivity index (χ3v) is 7.02. The number of amides is 2. The van der Waals surface area contributed by atoms with E-state index in [-0.39, 0.29) is 30.8 Å². The van der Waals surface area contributed by atoms with Crippen molar-refractivity contribution in [3.63, 3.8) is 0 Å². The highest BCUT2D eigenvalue weighted by Crippen LogP contribution is 2.28. The summed E-state index contributed by atoms with van der Waals surface area (Å²) in [5.74, 6) is 1.00. The normalized spacial score (nSPS) is 14.5. The van der Waals surface area contributed by atoms with E-state index in [1.165, 1.54) is 0 Å². The maximum absolute atomic E-state index is 13.4. The van der Waals surface area contributed by atoms with Gasteiger partial charge in [-0.15, -0.1) is 0 Å². The SMILES string of the molecule is COc1ccc(CCC(=O)N(Cc2ccc(Cl)c(Cl)c2)C(C)C(=O)NC2CCCC2)cc1OC. The molecule has 2 aromatic rings. The fraction of sp³-hybridized carbons (Fsp3) is 0.462. The van der Waals surface area contributed by atoms with Crippen molar-refractivity contribution in [2.45, 2.75) is 64.1 Å². The zero-order chi connectivity index (χ0) is 24.7. The molecule has 0 bridgehead atoms. The zero-order valence-electron chi connectivity index (χ0n) is 19.9. The van der Waals surface area contributed by atoms with Crippen molar-refractivity contribution in [1.29, 1.82) is 0 Å². The Morgan fingerprint density at radius 1 is 1.00 bits per heavy atom. The molecule has 0 radical (unpaired) electrons. The molecule has 1 fully saturated rings. The molecule has 1 unspecified atom stereocenters. The van der Waals surface area contributed by atoms with Crippen molar-refractivity contribution in [2.75, 3.05) is 14.2 Å². The Morgan fingerprint density at radius 3 is 2.32 bits per heavy atom. The summed E-state index contributed by atoms with van der Waals surface area (Å²) >= 11 is 12.2. The highest BCUT2D eigenvalue weighted by molar-refractivity contribution is 6.42. The van der Waals surface area contributed by atoms with Crippen LogP contribution >= 0.6 is 23.2 Å². The first kappa shape index (κ1) is 26.2. The number of aryl methyl sites for hydroxylation is 1. The predicted octanol–water partition coefficient (Wildman–Crippen LogP) is 5.42. The average molecular weight is 507 g/mol. The molecule has 34 heavy (non-hydrogen) atoms. The van der Waals surface area contributed by atoms with Gasteiger partial charge in [0.05, 0.1) is 24.3 Å². The van der Waals surface area contributed by atoms with E-state index in [1.54, 1.807) is 38.2 Å². The van der Waals surface area contributed by atoms with Crippen LogP contribution in [0, 0.1) is 0 Å². The number of methoxy groups -OCH3 is 2. The van der Waals surface area contributed by atoms with E-state index in [1.807, 2.05) is 24.3 Å². The number of carbonyl (C=O) groups excluding carboxylic acids is 2. The Hall–Kier alpha value is -2.44. The number of rotatable bonds is 10. The molecule has 0 aliphatic heterocycles. The summed E-state index contributed by atoms with van der Waals surface area (Å²) < 4.78 is 10.7. The highest BCUT2D eigenvalue weighted by Gasteiger charge is 2.28. The molecule has 0 aromatic heterocycles. The first-order valence-electron chi connectivity index (χ1n) is 11.6. The smallest absolute Gasteiger partial charge is 0.242 e. The van der Waals surface area contributed by atoms with Crippen LogP contribution < -0.4 is 14.8 Å². The average Bonchev–Trinajstić information content (AvgIpc) is 3.35. The third kappa shape index (κ3) is 6.80. The van der Waals surface area contributed by atoms with Gasteiger partial charge in [0.1, 0.15) is 6.04 Å². The van der Waals surface area contributed by atoms with Gasteiger partial charge in [-0.25, -0.2) is 0 Å². The Morgan fingerprint density at radius 2 is 1.68 bits per heavy atom. The van der Waals surface area contributed by atoms with Crippen LogP contribution in [0.15, 0.2) is 36.4 Å². The van der Waals surface area contributed by atoms with Gasteiger partial charge < -0.3 is 19.7 Å². The van der Waals surface area contributed by atoms with Gasteiger partial charge in [-0.1, -0.05) is 48.2 Å². The molecule has 184 valence electrons. The number of nitrogens with zero attached hydrogens (tertiary/aromatic N) is 1. The molecule has 3 rings (SSSR count). The van der Waals surface area contributed by atoms with Gasteiger partial charge in [-0.2, -0.15) is 0 Å². The minimum Gasteiger partial charge on any atom is -0.493 e. The van der Waals surface area contributed by atoms with Crippen molar-refractivity contribution < 1.29 is 19.1 Å². The Bertz CT molecular complexity index is 1010. The summed E-state index contributed by atoms with van der Waals surface area (Å²) in [6.45, 7) is 2.04. The summed E-state index contributed by atoms with van der Waals surface area (Å²) in [4.78, 5) is 28.0. The maximum Gasteiger partial charge on any atom is 0.242 e. The zero-order valence-corrected chi connectivity index (χ0v) is 21.4. The maximum atomic E-state index is 13.4. The van der Waals surface area contributed by atoms with Gasteiger partial charge >= 0.3 is 0 Å². The van der Waals surface area contributed by atoms with E-state index >= 15 is 0 Å². The van der Waals surface area contributed by atoms with Crippen molar-refractivity contribution in [3.05, 3.63) is 57.6 Å². The fourth-order valence-corrected chi connectivity index (χ4v) is 4.56. The summed E-state index contributed by atoms with van der Waals surface area (Å²) in [6, 6.07) is 10.4. The molecule has 8 heteroatoms. The molecule has 1 aliphatic rings. The second-order valence-electron chi connectivity index (χ2n) is 8.63. The van der Waals surface area contributed by atoms with Crippen LogP contribution in [0.5, 0.6) is 11.5 Å². The molecule has 2 aromatic carbocycles. The Balaban J connectivity index is 1.74. The van der Waals surface area contributed by atoms with Crippen molar-refractivity contribution in [3.8, 4) is 11.5 Å². The number of halogens is 2. The Kier molecular flexibility index (Phi) is 9.48. The van der Waals surface area contributed by atoms with Crippen molar-refractivity contribution in [1.82, 2.24) is 10.2 Å². The van der Waals surface area contributed by atoms with Crippen LogP contribution in [0.2, 0.25) is 10.0 Å². The van der Waals surface area contributed by atoms with E-state index in [4.69, 9.17) is 32.7 Å². The van der Waals surface area contributed by atoms with Gasteiger partial charge in [-0.3, -0.25) is 9.59 Å². The quantitative estimate of drug-likeness (QED) is 0.467.